The Kier molecular flexibility index (Phi) is 2.61. The van der Waals surface area contributed by atoms with Crippen LogP contribution in [-0.2, 0) is 0 Å². The minimum absolute atomic E-state index is 0.669. The molecular formula is C11H22N2. The van der Waals surface area contributed by atoms with Crippen molar-refractivity contribution in [3.63, 3.8) is 0 Å². The summed E-state index contributed by atoms with van der Waals surface area (Å²) >= 11 is 0. The average Bonchev–Trinajstić information content (AvgIpc) is 2.49. The van der Waals surface area contributed by atoms with E-state index < -0.39 is 0 Å². The number of nitrogens with zero attached hydrogens (tertiary/aromatic N) is 1. The summed E-state index contributed by atoms with van der Waals surface area (Å²) in [5, 5.41) is 3.37. The number of likely N-dealkylation sites (N-methyl/N-ethyl adjacent to an activating group) is 1. The van der Waals surface area contributed by atoms with Crippen molar-refractivity contribution in [3.05, 3.63) is 0 Å². The van der Waals surface area contributed by atoms with E-state index in [9.17, 15) is 0 Å². The fraction of sp³-hybridized carbons (Fsp3) is 1.00. The van der Waals surface area contributed by atoms with Gasteiger partial charge < -0.3 is 10.2 Å². The maximum Gasteiger partial charge on any atom is 0.0204 e. The second kappa shape index (κ2) is 3.58. The molecule has 0 aromatic heterocycles. The molecule has 2 nitrogen and oxygen atoms in total. The molecule has 0 radical (unpaired) electrons. The lowest BCUT2D eigenvalue weighted by Crippen LogP contribution is -2.40. The van der Waals surface area contributed by atoms with Crippen LogP contribution in [0.1, 0.15) is 32.6 Å². The lowest BCUT2D eigenvalue weighted by atomic mass is 9.70. The maximum atomic E-state index is 3.37. The standard InChI is InChI=1S/C11H22N2/c1-11(5-3-6-11)9-13-7-4-10(8-13)12-2/h10,12H,3-9H2,1-2H3. The third-order valence-electron chi connectivity index (χ3n) is 3.85. The lowest BCUT2D eigenvalue weighted by molar-refractivity contribution is 0.0975. The van der Waals surface area contributed by atoms with Gasteiger partial charge in [0.25, 0.3) is 0 Å². The molecule has 2 rings (SSSR count). The van der Waals surface area contributed by atoms with E-state index in [4.69, 9.17) is 0 Å². The predicted octanol–water partition coefficient (Wildman–Crippen LogP) is 1.47. The highest BCUT2D eigenvalue weighted by Crippen LogP contribution is 2.41. The van der Waals surface area contributed by atoms with E-state index in [0.29, 0.717) is 5.41 Å². The van der Waals surface area contributed by atoms with E-state index in [0.717, 1.165) is 6.04 Å². The minimum atomic E-state index is 0.669. The lowest BCUT2D eigenvalue weighted by Gasteiger charge is -2.41. The van der Waals surface area contributed by atoms with Crippen LogP contribution in [0.3, 0.4) is 0 Å². The summed E-state index contributed by atoms with van der Waals surface area (Å²) in [6, 6.07) is 0.753. The first kappa shape index (κ1) is 9.47. The normalized spacial score (nSPS) is 33.2. The maximum absolute atomic E-state index is 3.37. The van der Waals surface area contributed by atoms with Crippen molar-refractivity contribution in [2.75, 3.05) is 26.7 Å². The van der Waals surface area contributed by atoms with Crippen molar-refractivity contribution in [1.29, 1.82) is 0 Å². The molecule has 1 aliphatic heterocycles. The zero-order valence-electron chi connectivity index (χ0n) is 8.97. The van der Waals surface area contributed by atoms with Crippen LogP contribution >= 0.6 is 0 Å². The summed E-state index contributed by atoms with van der Waals surface area (Å²) in [6.07, 6.45) is 5.70. The van der Waals surface area contributed by atoms with Crippen LogP contribution in [0, 0.1) is 5.41 Å². The molecule has 1 N–H and O–H groups in total. The first-order chi connectivity index (χ1) is 6.22. The first-order valence-electron chi connectivity index (χ1n) is 5.61. The SMILES string of the molecule is CNC1CCN(CC2(C)CCC2)C1. The van der Waals surface area contributed by atoms with Gasteiger partial charge in [-0.2, -0.15) is 0 Å². The van der Waals surface area contributed by atoms with Gasteiger partial charge in [-0.05, 0) is 38.3 Å². The van der Waals surface area contributed by atoms with E-state index in [1.54, 1.807) is 0 Å². The van der Waals surface area contributed by atoms with Crippen molar-refractivity contribution in [1.82, 2.24) is 10.2 Å². The summed E-state index contributed by atoms with van der Waals surface area (Å²) in [6.45, 7) is 6.36. The van der Waals surface area contributed by atoms with Gasteiger partial charge in [0.1, 0.15) is 0 Å². The number of rotatable bonds is 3. The summed E-state index contributed by atoms with van der Waals surface area (Å²) < 4.78 is 0. The Balaban J connectivity index is 1.77. The van der Waals surface area contributed by atoms with Crippen molar-refractivity contribution in [3.8, 4) is 0 Å². The van der Waals surface area contributed by atoms with E-state index in [-0.39, 0.29) is 0 Å². The second-order valence-corrected chi connectivity index (χ2v) is 5.17. The number of nitrogens with one attached hydrogen (secondary N) is 1. The van der Waals surface area contributed by atoms with Gasteiger partial charge in [-0.1, -0.05) is 13.3 Å². The molecule has 0 aromatic carbocycles. The predicted molar refractivity (Wildman–Crippen MR) is 55.9 cm³/mol. The highest BCUT2D eigenvalue weighted by atomic mass is 15.2. The third kappa shape index (κ3) is 2.05. The fourth-order valence-corrected chi connectivity index (χ4v) is 2.69. The smallest absolute Gasteiger partial charge is 0.0204 e. The Hall–Kier alpha value is -0.0800. The Morgan fingerprint density at radius 2 is 2.23 bits per heavy atom. The molecule has 1 heterocycles. The topological polar surface area (TPSA) is 15.3 Å². The van der Waals surface area contributed by atoms with Crippen molar-refractivity contribution in [2.45, 2.75) is 38.6 Å². The zero-order chi connectivity index (χ0) is 9.31. The molecule has 13 heavy (non-hydrogen) atoms. The first-order valence-corrected chi connectivity index (χ1v) is 5.61. The fourth-order valence-electron chi connectivity index (χ4n) is 2.69. The summed E-state index contributed by atoms with van der Waals surface area (Å²) in [7, 11) is 2.08. The van der Waals surface area contributed by atoms with Crippen LogP contribution < -0.4 is 5.32 Å². The number of hydrogen-bond acceptors (Lipinski definition) is 2. The molecule has 1 saturated carbocycles. The van der Waals surface area contributed by atoms with Gasteiger partial charge in [0.2, 0.25) is 0 Å². The molecule has 1 atom stereocenters. The van der Waals surface area contributed by atoms with Gasteiger partial charge in [0, 0.05) is 19.1 Å². The molecule has 76 valence electrons. The van der Waals surface area contributed by atoms with Gasteiger partial charge in [-0.25, -0.2) is 0 Å². The molecule has 0 aromatic rings. The molecule has 1 unspecified atom stereocenters. The Labute approximate surface area is 81.7 Å². The number of hydrogen-bond donors (Lipinski definition) is 1. The van der Waals surface area contributed by atoms with Crippen LogP contribution in [0.5, 0.6) is 0 Å². The quantitative estimate of drug-likeness (QED) is 0.711. The Bertz CT molecular complexity index is 175. The van der Waals surface area contributed by atoms with Crippen LogP contribution in [-0.4, -0.2) is 37.6 Å². The molecule has 1 aliphatic carbocycles. The molecule has 1 saturated heterocycles. The van der Waals surface area contributed by atoms with Crippen LogP contribution in [0.4, 0.5) is 0 Å². The molecule has 0 spiro atoms. The zero-order valence-corrected chi connectivity index (χ0v) is 8.97. The van der Waals surface area contributed by atoms with Crippen molar-refractivity contribution < 1.29 is 0 Å². The molecule has 0 amide bonds. The van der Waals surface area contributed by atoms with Gasteiger partial charge in [-0.15, -0.1) is 0 Å². The van der Waals surface area contributed by atoms with E-state index in [2.05, 4.69) is 24.2 Å². The highest BCUT2D eigenvalue weighted by molar-refractivity contribution is 4.89. The highest BCUT2D eigenvalue weighted by Gasteiger charge is 2.35. The second-order valence-electron chi connectivity index (χ2n) is 5.17. The van der Waals surface area contributed by atoms with Crippen LogP contribution in [0.2, 0.25) is 0 Å². The van der Waals surface area contributed by atoms with E-state index in [1.807, 2.05) is 0 Å². The van der Waals surface area contributed by atoms with E-state index >= 15 is 0 Å². The third-order valence-corrected chi connectivity index (χ3v) is 3.85. The average molecular weight is 182 g/mol. The number of likely N-dealkylation sites (tertiary alicyclic amines) is 1. The van der Waals surface area contributed by atoms with Gasteiger partial charge in [-0.3, -0.25) is 0 Å². The Morgan fingerprint density at radius 3 is 2.69 bits per heavy atom. The summed E-state index contributed by atoms with van der Waals surface area (Å²) in [4.78, 5) is 2.64. The van der Waals surface area contributed by atoms with Crippen LogP contribution in [0.25, 0.3) is 0 Å². The van der Waals surface area contributed by atoms with Crippen molar-refractivity contribution in [2.24, 2.45) is 5.41 Å². The van der Waals surface area contributed by atoms with Crippen molar-refractivity contribution >= 4 is 0 Å². The minimum Gasteiger partial charge on any atom is -0.316 e. The molecule has 0 bridgehead atoms. The van der Waals surface area contributed by atoms with E-state index in [1.165, 1.54) is 45.3 Å². The van der Waals surface area contributed by atoms with Crippen LogP contribution in [0.15, 0.2) is 0 Å². The van der Waals surface area contributed by atoms with Gasteiger partial charge in [0.05, 0.1) is 0 Å². The molecular weight excluding hydrogens is 160 g/mol. The Morgan fingerprint density at radius 1 is 1.46 bits per heavy atom. The summed E-state index contributed by atoms with van der Waals surface area (Å²) in [5.74, 6) is 0. The summed E-state index contributed by atoms with van der Waals surface area (Å²) in [5.41, 5.74) is 0.669. The molecule has 2 aliphatic rings. The molecule has 2 heteroatoms. The molecule has 2 fully saturated rings. The largest absolute Gasteiger partial charge is 0.316 e. The van der Waals surface area contributed by atoms with Gasteiger partial charge >= 0.3 is 0 Å². The monoisotopic (exact) mass is 182 g/mol. The van der Waals surface area contributed by atoms with Gasteiger partial charge in [0.15, 0.2) is 0 Å².